The maximum absolute atomic E-state index is 0. The van der Waals surface area contributed by atoms with Crippen LogP contribution in [0.15, 0.2) is 0 Å². The topological polar surface area (TPSA) is 57.0 Å². The Hall–Kier alpha value is 3.50. The molecule has 0 aromatic rings. The summed E-state index contributed by atoms with van der Waals surface area (Å²) in [5.74, 6) is 0. The van der Waals surface area contributed by atoms with E-state index in [0.717, 1.165) is 0 Å². The molecule has 0 aromatic heterocycles. The van der Waals surface area contributed by atoms with Crippen LogP contribution in [-0.4, -0.2) is 40.4 Å². The van der Waals surface area contributed by atoms with Crippen LogP contribution in [0.1, 0.15) is 0 Å². The molecule has 2 nitrogen and oxygen atoms in total. The molecule has 2 radical (unpaired) electrons. The van der Waals surface area contributed by atoms with Gasteiger partial charge in [-0.05, 0) is 0 Å². The van der Waals surface area contributed by atoms with Crippen molar-refractivity contribution in [1.29, 1.82) is 0 Å². The van der Waals surface area contributed by atoms with Crippen molar-refractivity contribution in [2.24, 2.45) is 0 Å². The minimum Gasteiger partial charge on any atom is -2.00 e. The monoisotopic (exact) mass is 337 g/mol. The average Bonchev–Trinajstić information content (AvgIpc) is 0. The van der Waals surface area contributed by atoms with E-state index < -0.39 is 0 Å². The van der Waals surface area contributed by atoms with Gasteiger partial charge in [-0.1, -0.05) is 0 Å². The van der Waals surface area contributed by atoms with E-state index in [-0.39, 0.29) is 124 Å². The minimum atomic E-state index is 0. The molecule has 0 rings (SSSR count). The zero-order valence-corrected chi connectivity index (χ0v) is 14.5. The molecule has 0 atom stereocenters. The number of hydrogen-bond acceptors (Lipinski definition) is 0. The van der Waals surface area contributed by atoms with E-state index in [9.17, 15) is 0 Å². The summed E-state index contributed by atoms with van der Waals surface area (Å²) >= 11 is 0. The Bertz CT molecular complexity index is 18.0. The van der Waals surface area contributed by atoms with Crippen LogP contribution in [0, 0.1) is 0 Å². The molecule has 0 fully saturated rings. The van der Waals surface area contributed by atoms with Gasteiger partial charge in [-0.25, -0.2) is 0 Å². The van der Waals surface area contributed by atoms with Crippen LogP contribution < -0.4 is 0 Å². The molecule has 0 heterocycles. The average molecular weight is 341 g/mol. The van der Waals surface area contributed by atoms with Crippen molar-refractivity contribution < 1.29 is 84.0 Å². The van der Waals surface area contributed by atoms with Gasteiger partial charge in [0.25, 0.3) is 0 Å². The fourth-order valence-electron chi connectivity index (χ4n) is 0. The van der Waals surface area contributed by atoms with Crippen LogP contribution >= 0.6 is 0 Å². The molecule has 0 unspecified atom stereocenters. The Labute approximate surface area is 122 Å². The minimum absolute atomic E-state index is 0. The fraction of sp³-hybridized carbons (Fsp3) is 0. The molecule has 34 valence electrons. The Morgan fingerprint density at radius 3 is 0.625 bits per heavy atom. The summed E-state index contributed by atoms with van der Waals surface area (Å²) in [6.45, 7) is 0. The molecule has 0 aliphatic carbocycles. The second kappa shape index (κ2) is 77.3. The normalized spacial score (nSPS) is 0. The van der Waals surface area contributed by atoms with Gasteiger partial charge in [0.2, 0.25) is 0 Å². The quantitative estimate of drug-likeness (QED) is 0.507. The summed E-state index contributed by atoms with van der Waals surface area (Å²) in [4.78, 5) is 0. The summed E-state index contributed by atoms with van der Waals surface area (Å²) in [6.07, 6.45) is 0. The molecule has 0 spiro atoms. The Morgan fingerprint density at radius 1 is 0.625 bits per heavy atom. The van der Waals surface area contributed by atoms with E-state index in [4.69, 9.17) is 0 Å². The summed E-state index contributed by atoms with van der Waals surface area (Å²) < 4.78 is 0. The molecule has 0 amide bonds. The molecule has 0 bridgehead atoms. The molecule has 8 heteroatoms. The second-order valence-electron chi connectivity index (χ2n) is 0. The van der Waals surface area contributed by atoms with E-state index in [2.05, 4.69) is 0 Å². The van der Waals surface area contributed by atoms with Crippen molar-refractivity contribution in [2.75, 3.05) is 0 Å². The van der Waals surface area contributed by atoms with Crippen molar-refractivity contribution in [2.45, 2.75) is 0 Å². The van der Waals surface area contributed by atoms with Gasteiger partial charge >= 0.3 is 114 Å². The van der Waals surface area contributed by atoms with E-state index in [1.54, 1.807) is 0 Å². The van der Waals surface area contributed by atoms with Gasteiger partial charge in [0.05, 0.1) is 0 Å². The van der Waals surface area contributed by atoms with Crippen molar-refractivity contribution in [3.8, 4) is 0 Å². The van der Waals surface area contributed by atoms with Crippen LogP contribution in [0.25, 0.3) is 0 Å². The molecular formula is AlCu2MgO2Zn2+9. The molecule has 0 saturated carbocycles. The third kappa shape index (κ3) is 56.0. The van der Waals surface area contributed by atoms with Crippen LogP contribution in [0.2, 0.25) is 0 Å². The largest absolute Gasteiger partial charge is 3.00 e. The Morgan fingerprint density at radius 2 is 0.625 bits per heavy atom. The van der Waals surface area contributed by atoms with Crippen LogP contribution in [0.4, 0.5) is 0 Å². The van der Waals surface area contributed by atoms with E-state index >= 15 is 0 Å². The maximum atomic E-state index is 0. The fourth-order valence-corrected chi connectivity index (χ4v) is 0. The molecule has 8 heavy (non-hydrogen) atoms. The van der Waals surface area contributed by atoms with Gasteiger partial charge in [0.15, 0.2) is 0 Å². The van der Waals surface area contributed by atoms with Gasteiger partial charge in [-0.15, -0.1) is 0 Å². The maximum Gasteiger partial charge on any atom is 3.00 e. The van der Waals surface area contributed by atoms with Crippen molar-refractivity contribution in [3.63, 3.8) is 0 Å². The first-order chi connectivity index (χ1) is 0. The van der Waals surface area contributed by atoms with Crippen LogP contribution in [0.5, 0.6) is 0 Å². The van der Waals surface area contributed by atoms with E-state index in [0.29, 0.717) is 0 Å². The van der Waals surface area contributed by atoms with E-state index in [1.165, 1.54) is 0 Å². The molecule has 0 saturated heterocycles. The first-order valence-corrected chi connectivity index (χ1v) is 0. The third-order valence-corrected chi connectivity index (χ3v) is 0. The van der Waals surface area contributed by atoms with Crippen LogP contribution in [-0.2, 0) is 84.0 Å². The first-order valence-electron chi connectivity index (χ1n) is 0. The molecular weight excluding hydrogens is 341 g/mol. The zero-order chi connectivity index (χ0) is 0. The first kappa shape index (κ1) is 103. The van der Waals surface area contributed by atoms with Gasteiger partial charge < -0.3 is 11.0 Å². The molecule has 0 aliphatic heterocycles. The summed E-state index contributed by atoms with van der Waals surface area (Å²) in [5.41, 5.74) is 0. The van der Waals surface area contributed by atoms with Crippen molar-refractivity contribution >= 4 is 40.4 Å². The van der Waals surface area contributed by atoms with Gasteiger partial charge in [-0.2, -0.15) is 0 Å². The predicted molar refractivity (Wildman–Crippen MR) is 12.9 cm³/mol. The summed E-state index contributed by atoms with van der Waals surface area (Å²) in [5, 5.41) is 0. The third-order valence-electron chi connectivity index (χ3n) is 0. The summed E-state index contributed by atoms with van der Waals surface area (Å²) in [7, 11) is 0. The summed E-state index contributed by atoms with van der Waals surface area (Å²) in [6, 6.07) is 0. The van der Waals surface area contributed by atoms with Gasteiger partial charge in [0, 0.05) is 0 Å². The Kier molecular flexibility index (Phi) is 998. The smallest absolute Gasteiger partial charge is 2.00 e. The Balaban J connectivity index is 0. The van der Waals surface area contributed by atoms with Gasteiger partial charge in [-0.3, -0.25) is 0 Å². The molecule has 0 N–H and O–H groups in total. The number of hydrogen-bond donors (Lipinski definition) is 0. The SMILES string of the molecule is [Al+3].[Cu+2].[Cu+2].[Mg+2].[O-2].[O-2].[Zn+2].[Zn+2]. The zero-order valence-electron chi connectivity index (χ0n) is 4.12. The number of rotatable bonds is 0. The predicted octanol–water partition coefficient (Wildman–Crippen LogP) is -1.01. The van der Waals surface area contributed by atoms with Crippen molar-refractivity contribution in [3.05, 3.63) is 0 Å². The second-order valence-corrected chi connectivity index (χ2v) is 0. The van der Waals surface area contributed by atoms with Crippen molar-refractivity contribution in [1.82, 2.24) is 0 Å². The van der Waals surface area contributed by atoms with E-state index in [1.807, 2.05) is 0 Å². The molecule has 0 aliphatic rings. The standard InChI is InChI=1S/Al.2Cu.Mg.2O.2Zn/q+3;3*+2;2*-2;2*+2. The van der Waals surface area contributed by atoms with Gasteiger partial charge in [0.1, 0.15) is 0 Å². The molecule has 0 aromatic carbocycles. The van der Waals surface area contributed by atoms with Crippen LogP contribution in [0.3, 0.4) is 0 Å².